The minimum atomic E-state index is -2.19. The lowest BCUT2D eigenvalue weighted by atomic mass is 9.94. The molecule has 10 unspecified atom stereocenters. The average Bonchev–Trinajstić information content (AvgIpc) is 0.770. The van der Waals surface area contributed by atoms with E-state index in [-0.39, 0.29) is 12.3 Å². The highest BCUT2D eigenvalue weighted by Gasteiger charge is 2.58. The van der Waals surface area contributed by atoms with E-state index in [0.717, 1.165) is 71.6 Å². The first kappa shape index (κ1) is 94.5. The van der Waals surface area contributed by atoms with E-state index in [1.165, 1.54) is 128 Å². The molecule has 3 amide bonds. The Bertz CT molecular complexity index is 2430. The lowest BCUT2D eigenvalue weighted by Gasteiger charge is -2.50. The normalized spacial score (nSPS) is 34.1. The Hall–Kier alpha value is -3.11. The number of hydrogen-bond donors (Lipinski definition) is 18. The maximum Gasteiger partial charge on any atom is 0.220 e. The van der Waals surface area contributed by atoms with Crippen molar-refractivity contribution in [1.82, 2.24) is 16.0 Å². The Morgan fingerprint density at radius 2 is 0.710 bits per heavy atom. The molecule has 0 aromatic rings. The zero-order valence-electron chi connectivity index (χ0n) is 63.8. The molecule has 5 fully saturated rings. The molecule has 624 valence electrons. The van der Waals surface area contributed by atoms with Crippen molar-refractivity contribution in [2.45, 2.75) is 399 Å². The molecule has 0 aromatic carbocycles. The molecular weight excluding hydrogens is 1400 g/mol. The number of ether oxygens (including phenoxy) is 10. The zero-order chi connectivity index (χ0) is 78.2. The van der Waals surface area contributed by atoms with Crippen molar-refractivity contribution < 1.29 is 138 Å². The number of allylic oxidation sites excluding steroid dienone is 3. The summed E-state index contributed by atoms with van der Waals surface area (Å²) in [6.45, 7) is 1.33. The van der Waals surface area contributed by atoms with Crippen LogP contribution in [-0.4, -0.2) is 300 Å². The third-order valence-corrected chi connectivity index (χ3v) is 20.8. The van der Waals surface area contributed by atoms with Crippen LogP contribution in [0.2, 0.25) is 0 Å². The Labute approximate surface area is 632 Å². The predicted octanol–water partition coefficient (Wildman–Crippen LogP) is 1.87. The SMILES string of the molecule is CCCCCCCC/C=C\CCCCCCCCCCCCCC(=O)N[C@@H](CO[C@@H]1OC(CO)[C@@H](O[C@@H]2OC(CO)[C@H](O)[C@H](O[C@@H]3OC(CO)[C@@H](O)[C@H](O[C@@H]4OC(CO)[C@H](O)[C@H](O[C@@H]5OC(CO)[C@@H](O)[C@H](O)C5NC(C)=O)C4O)C3NC(C)=O)C2O)[C@H](O)C1O)[C@H](O)/C=C/CCCCCCCCCCCCC. The molecular formula is C76H137N3O28. The summed E-state index contributed by atoms with van der Waals surface area (Å²) >= 11 is 0. The number of aliphatic hydroxyl groups is 15. The molecule has 0 radical (unpaired) electrons. The van der Waals surface area contributed by atoms with Crippen molar-refractivity contribution in [3.63, 3.8) is 0 Å². The highest BCUT2D eigenvalue weighted by atomic mass is 16.8. The second-order valence-corrected chi connectivity index (χ2v) is 29.6. The lowest BCUT2D eigenvalue weighted by molar-refractivity contribution is -0.384. The zero-order valence-corrected chi connectivity index (χ0v) is 63.8. The maximum atomic E-state index is 13.6. The quantitative estimate of drug-likeness (QED) is 0.0305. The average molecular weight is 1540 g/mol. The third-order valence-electron chi connectivity index (χ3n) is 20.8. The number of carbonyl (C=O) groups excluding carboxylic acids is 3. The van der Waals surface area contributed by atoms with E-state index in [9.17, 15) is 91.0 Å². The van der Waals surface area contributed by atoms with Crippen LogP contribution in [0.25, 0.3) is 0 Å². The number of aliphatic hydroxyl groups excluding tert-OH is 15. The van der Waals surface area contributed by atoms with Gasteiger partial charge in [-0.2, -0.15) is 0 Å². The predicted molar refractivity (Wildman–Crippen MR) is 389 cm³/mol. The van der Waals surface area contributed by atoms with Crippen molar-refractivity contribution >= 4 is 17.7 Å². The van der Waals surface area contributed by atoms with Crippen LogP contribution in [0, 0.1) is 0 Å². The summed E-state index contributed by atoms with van der Waals surface area (Å²) in [5.41, 5.74) is 0. The van der Waals surface area contributed by atoms with E-state index < -0.39 is 217 Å². The molecule has 31 nitrogen and oxygen atoms in total. The Balaban J connectivity index is 1.21. The first-order valence-electron chi connectivity index (χ1n) is 40.1. The molecule has 0 bridgehead atoms. The molecule has 0 aliphatic carbocycles. The summed E-state index contributed by atoms with van der Waals surface area (Å²) in [5.74, 6) is -1.93. The summed E-state index contributed by atoms with van der Waals surface area (Å²) < 4.78 is 59.3. The fraction of sp³-hybridized carbons (Fsp3) is 0.908. The number of rotatable bonds is 54. The molecule has 31 heteroatoms. The third kappa shape index (κ3) is 31.7. The van der Waals surface area contributed by atoms with Gasteiger partial charge >= 0.3 is 0 Å². The van der Waals surface area contributed by atoms with Crippen LogP contribution in [0.3, 0.4) is 0 Å². The number of carbonyl (C=O) groups is 3. The van der Waals surface area contributed by atoms with Crippen molar-refractivity contribution in [1.29, 1.82) is 0 Å². The van der Waals surface area contributed by atoms with Gasteiger partial charge < -0.3 is 140 Å². The van der Waals surface area contributed by atoms with Crippen LogP contribution in [0.1, 0.15) is 233 Å². The second-order valence-electron chi connectivity index (χ2n) is 29.6. The summed E-state index contributed by atoms with van der Waals surface area (Å²) in [5, 5.41) is 175. The van der Waals surface area contributed by atoms with Crippen molar-refractivity contribution in [3.8, 4) is 0 Å². The smallest absolute Gasteiger partial charge is 0.220 e. The van der Waals surface area contributed by atoms with Gasteiger partial charge in [0.05, 0.1) is 51.8 Å². The van der Waals surface area contributed by atoms with Gasteiger partial charge in [0.1, 0.15) is 122 Å². The van der Waals surface area contributed by atoms with Crippen LogP contribution >= 0.6 is 0 Å². The maximum absolute atomic E-state index is 13.6. The number of nitrogens with one attached hydrogen (secondary N) is 3. The minimum absolute atomic E-state index is 0.182. The van der Waals surface area contributed by atoms with Gasteiger partial charge in [0.15, 0.2) is 31.5 Å². The fourth-order valence-electron chi connectivity index (χ4n) is 14.4. The van der Waals surface area contributed by atoms with Crippen molar-refractivity contribution in [2.75, 3.05) is 39.6 Å². The highest BCUT2D eigenvalue weighted by Crippen LogP contribution is 2.37. The summed E-state index contributed by atoms with van der Waals surface area (Å²) in [6.07, 6.45) is -0.381. The summed E-state index contributed by atoms with van der Waals surface area (Å²) in [7, 11) is 0. The van der Waals surface area contributed by atoms with E-state index in [2.05, 4.69) is 41.9 Å². The molecule has 0 aromatic heterocycles. The van der Waals surface area contributed by atoms with Gasteiger partial charge in [0.25, 0.3) is 0 Å². The molecule has 5 heterocycles. The van der Waals surface area contributed by atoms with Gasteiger partial charge in [-0.25, -0.2) is 0 Å². The van der Waals surface area contributed by atoms with Crippen LogP contribution in [0.15, 0.2) is 24.3 Å². The number of hydrogen-bond acceptors (Lipinski definition) is 28. The van der Waals surface area contributed by atoms with E-state index >= 15 is 0 Å². The van der Waals surface area contributed by atoms with Crippen LogP contribution in [0.5, 0.6) is 0 Å². The Kier molecular flexibility index (Phi) is 46.8. The Morgan fingerprint density at radius 3 is 1.14 bits per heavy atom. The molecule has 5 saturated heterocycles. The molecule has 18 N–H and O–H groups in total. The number of amides is 3. The van der Waals surface area contributed by atoms with Crippen LogP contribution < -0.4 is 16.0 Å². The second kappa shape index (κ2) is 53.1. The minimum Gasteiger partial charge on any atom is -0.394 e. The standard InChI is InChI=1S/C76H137N3O28/c1-5-7-9-11-13-15-17-19-20-21-22-23-24-25-26-28-30-32-34-36-38-40-56(88)79-49(50(87)39-37-35-33-31-29-27-18-16-14-12-10-8-6-2)46-98-74-65(95)64(94)68(55(45-84)103-74)104-75-66(96)71(62(92)53(43-82)101-75)107-73-58(78-48(4)86)69(60(90)52(42-81)100-73)105-76-67(97)70(61(91)54(44-83)102-76)106-72-57(77-47(3)85)63(93)59(89)51(41-80)99-72/h19-20,37,39,49-55,57-76,80-84,87,89-97H,5-18,21-36,38,40-46H2,1-4H3,(H,77,85)(H,78,86)(H,79,88)/b20-19-,39-37+/t49-,50+,51?,52?,53?,54?,55?,57?,58?,59+,60+,61-,62-,63+,64+,65?,66?,67?,68+,69+,70-,71-,72-,73-,74+,75-,76-/m0/s1. The van der Waals surface area contributed by atoms with Gasteiger partial charge in [-0.1, -0.05) is 192 Å². The molecule has 27 atom stereocenters. The lowest BCUT2D eigenvalue weighted by Crippen LogP contribution is -2.70. The van der Waals surface area contributed by atoms with Gasteiger partial charge in [-0.15, -0.1) is 0 Å². The summed E-state index contributed by atoms with van der Waals surface area (Å²) in [6, 6.07) is -4.44. The van der Waals surface area contributed by atoms with Gasteiger partial charge in [0.2, 0.25) is 17.7 Å². The van der Waals surface area contributed by atoms with Gasteiger partial charge in [-0.05, 0) is 44.9 Å². The van der Waals surface area contributed by atoms with Crippen LogP contribution in [-0.2, 0) is 61.8 Å². The van der Waals surface area contributed by atoms with Crippen molar-refractivity contribution in [3.05, 3.63) is 24.3 Å². The first-order chi connectivity index (χ1) is 51.6. The van der Waals surface area contributed by atoms with E-state index in [0.29, 0.717) is 12.8 Å². The molecule has 0 spiro atoms. The van der Waals surface area contributed by atoms with E-state index in [1.807, 2.05) is 6.08 Å². The molecule has 5 aliphatic rings. The molecule has 107 heavy (non-hydrogen) atoms. The number of unbranched alkanes of at least 4 members (excludes halogenated alkanes) is 28. The molecule has 5 aliphatic heterocycles. The largest absolute Gasteiger partial charge is 0.394 e. The monoisotopic (exact) mass is 1540 g/mol. The fourth-order valence-corrected chi connectivity index (χ4v) is 14.4. The Morgan fingerprint density at radius 1 is 0.364 bits per heavy atom. The summed E-state index contributed by atoms with van der Waals surface area (Å²) in [4.78, 5) is 38.8. The van der Waals surface area contributed by atoms with Crippen LogP contribution in [0.4, 0.5) is 0 Å². The molecule has 0 saturated carbocycles. The first-order valence-corrected chi connectivity index (χ1v) is 40.1. The highest BCUT2D eigenvalue weighted by molar-refractivity contribution is 5.76. The van der Waals surface area contributed by atoms with E-state index in [1.54, 1.807) is 6.08 Å². The van der Waals surface area contributed by atoms with Crippen molar-refractivity contribution in [2.24, 2.45) is 0 Å². The molecule has 5 rings (SSSR count). The van der Waals surface area contributed by atoms with Gasteiger partial charge in [0, 0.05) is 20.3 Å². The van der Waals surface area contributed by atoms with E-state index in [4.69, 9.17) is 47.4 Å². The topological polar surface area (TPSA) is 483 Å². The van der Waals surface area contributed by atoms with Gasteiger partial charge in [-0.3, -0.25) is 14.4 Å².